The average Bonchev–Trinajstić information content (AvgIpc) is 2.78. The minimum absolute atomic E-state index is 0.0823. The lowest BCUT2D eigenvalue weighted by Gasteiger charge is -2.18. The van der Waals surface area contributed by atoms with E-state index in [0.717, 1.165) is 36.4 Å². The Kier molecular flexibility index (Phi) is 7.30. The zero-order valence-electron chi connectivity index (χ0n) is 16.9. The maximum atomic E-state index is 12.4. The summed E-state index contributed by atoms with van der Waals surface area (Å²) in [4.78, 5) is 23.5. The van der Waals surface area contributed by atoms with Crippen molar-refractivity contribution >= 4 is 17.5 Å². The van der Waals surface area contributed by atoms with Gasteiger partial charge in [0, 0.05) is 42.3 Å². The summed E-state index contributed by atoms with van der Waals surface area (Å²) in [5.41, 5.74) is 3.41. The summed E-state index contributed by atoms with van der Waals surface area (Å²) in [6.07, 6.45) is 3.57. The number of likely N-dealkylation sites (N-methyl/N-ethyl adjacent to an activating group) is 1. The number of amides is 1. The fraction of sp³-hybridized carbons (Fsp3) is 0.261. The first-order chi connectivity index (χ1) is 14.2. The summed E-state index contributed by atoms with van der Waals surface area (Å²) in [6, 6.07) is 17.3. The molecule has 0 bridgehead atoms. The molecule has 2 N–H and O–H groups in total. The van der Waals surface area contributed by atoms with Gasteiger partial charge in [0.15, 0.2) is 0 Å². The molecule has 0 atom stereocenters. The molecular weight excluding hydrogens is 362 g/mol. The molecule has 6 nitrogen and oxygen atoms in total. The third-order valence-electron chi connectivity index (χ3n) is 4.75. The van der Waals surface area contributed by atoms with Crippen LogP contribution in [0.1, 0.15) is 24.2 Å². The van der Waals surface area contributed by atoms with Crippen LogP contribution in [0.3, 0.4) is 0 Å². The third-order valence-corrected chi connectivity index (χ3v) is 4.75. The lowest BCUT2D eigenvalue weighted by Crippen LogP contribution is -2.34. The largest absolute Gasteiger partial charge is 0.351 e. The van der Waals surface area contributed by atoms with Gasteiger partial charge in [-0.15, -0.1) is 0 Å². The van der Waals surface area contributed by atoms with Gasteiger partial charge in [0.1, 0.15) is 0 Å². The Morgan fingerprint density at radius 2 is 1.66 bits per heavy atom. The zero-order valence-corrected chi connectivity index (χ0v) is 16.9. The minimum Gasteiger partial charge on any atom is -0.351 e. The third kappa shape index (κ3) is 5.86. The van der Waals surface area contributed by atoms with Crippen LogP contribution in [0.25, 0.3) is 11.1 Å². The van der Waals surface area contributed by atoms with Crippen LogP contribution < -0.4 is 10.6 Å². The topological polar surface area (TPSA) is 70.2 Å². The first kappa shape index (κ1) is 20.5. The standard InChI is InChI=1S/C23H27N5O/c1-3-28(4-2)14-13-24-22(29)19-11-8-12-21(15-19)27-23-25-16-20(17-26-23)18-9-6-5-7-10-18/h5-12,15-17H,3-4,13-14H2,1-2H3,(H,24,29)(H,25,26,27). The van der Waals surface area contributed by atoms with Crippen LogP contribution in [-0.4, -0.2) is 47.0 Å². The summed E-state index contributed by atoms with van der Waals surface area (Å²) in [5.74, 6) is 0.407. The average molecular weight is 390 g/mol. The molecule has 0 aliphatic carbocycles. The van der Waals surface area contributed by atoms with Gasteiger partial charge >= 0.3 is 0 Å². The molecule has 150 valence electrons. The maximum absolute atomic E-state index is 12.4. The molecule has 0 unspecified atom stereocenters. The zero-order chi connectivity index (χ0) is 20.5. The number of carbonyl (C=O) groups excluding carboxylic acids is 1. The van der Waals surface area contributed by atoms with Crippen molar-refractivity contribution in [1.82, 2.24) is 20.2 Å². The van der Waals surface area contributed by atoms with E-state index in [4.69, 9.17) is 0 Å². The number of benzene rings is 2. The molecular formula is C23H27N5O. The molecule has 3 aromatic rings. The van der Waals surface area contributed by atoms with Gasteiger partial charge in [0.25, 0.3) is 5.91 Å². The Morgan fingerprint density at radius 1 is 0.931 bits per heavy atom. The highest BCUT2D eigenvalue weighted by atomic mass is 16.1. The van der Waals surface area contributed by atoms with Gasteiger partial charge in [-0.05, 0) is 36.9 Å². The minimum atomic E-state index is -0.0823. The van der Waals surface area contributed by atoms with Crippen LogP contribution in [0.5, 0.6) is 0 Å². The van der Waals surface area contributed by atoms with E-state index in [1.165, 1.54) is 0 Å². The molecule has 0 fully saturated rings. The van der Waals surface area contributed by atoms with Crippen molar-refractivity contribution in [3.63, 3.8) is 0 Å². The van der Waals surface area contributed by atoms with Crippen molar-refractivity contribution in [2.24, 2.45) is 0 Å². The van der Waals surface area contributed by atoms with E-state index in [-0.39, 0.29) is 5.91 Å². The van der Waals surface area contributed by atoms with Crippen LogP contribution in [0.4, 0.5) is 11.6 Å². The van der Waals surface area contributed by atoms with Crippen molar-refractivity contribution in [3.05, 3.63) is 72.6 Å². The molecule has 6 heteroatoms. The number of carbonyl (C=O) groups is 1. The number of nitrogens with one attached hydrogen (secondary N) is 2. The van der Waals surface area contributed by atoms with Crippen molar-refractivity contribution in [2.75, 3.05) is 31.5 Å². The highest BCUT2D eigenvalue weighted by Gasteiger charge is 2.08. The van der Waals surface area contributed by atoms with E-state index >= 15 is 0 Å². The Morgan fingerprint density at radius 3 is 2.34 bits per heavy atom. The summed E-state index contributed by atoms with van der Waals surface area (Å²) >= 11 is 0. The maximum Gasteiger partial charge on any atom is 0.251 e. The molecule has 0 aliphatic heterocycles. The van der Waals surface area contributed by atoms with Gasteiger partial charge < -0.3 is 15.5 Å². The fourth-order valence-electron chi connectivity index (χ4n) is 3.01. The van der Waals surface area contributed by atoms with E-state index in [9.17, 15) is 4.79 Å². The summed E-state index contributed by atoms with van der Waals surface area (Å²) in [6.45, 7) is 7.67. The van der Waals surface area contributed by atoms with Crippen molar-refractivity contribution in [1.29, 1.82) is 0 Å². The summed E-state index contributed by atoms with van der Waals surface area (Å²) in [7, 11) is 0. The monoisotopic (exact) mass is 389 g/mol. The molecule has 0 saturated heterocycles. The normalized spacial score (nSPS) is 10.7. The molecule has 1 aromatic heterocycles. The summed E-state index contributed by atoms with van der Waals surface area (Å²) < 4.78 is 0. The van der Waals surface area contributed by atoms with Gasteiger partial charge in [-0.3, -0.25) is 4.79 Å². The van der Waals surface area contributed by atoms with Gasteiger partial charge in [-0.25, -0.2) is 9.97 Å². The Balaban J connectivity index is 1.60. The Bertz CT molecular complexity index is 908. The van der Waals surface area contributed by atoms with Crippen LogP contribution in [0.15, 0.2) is 67.0 Å². The van der Waals surface area contributed by atoms with Crippen molar-refractivity contribution in [2.45, 2.75) is 13.8 Å². The van der Waals surface area contributed by atoms with Crippen molar-refractivity contribution in [3.8, 4) is 11.1 Å². The number of hydrogen-bond acceptors (Lipinski definition) is 5. The first-order valence-electron chi connectivity index (χ1n) is 9.94. The number of aromatic nitrogens is 2. The molecule has 0 aliphatic rings. The van der Waals surface area contributed by atoms with E-state index in [1.54, 1.807) is 24.5 Å². The van der Waals surface area contributed by atoms with Gasteiger partial charge in [0.2, 0.25) is 5.95 Å². The predicted octanol–water partition coefficient (Wildman–Crippen LogP) is 3.96. The first-order valence-corrected chi connectivity index (χ1v) is 9.94. The lowest BCUT2D eigenvalue weighted by molar-refractivity contribution is 0.0949. The number of hydrogen-bond donors (Lipinski definition) is 2. The van der Waals surface area contributed by atoms with E-state index < -0.39 is 0 Å². The van der Waals surface area contributed by atoms with E-state index in [2.05, 4.69) is 39.3 Å². The number of nitrogens with zero attached hydrogens (tertiary/aromatic N) is 3. The van der Waals surface area contributed by atoms with Gasteiger partial charge in [0.05, 0.1) is 0 Å². The quantitative estimate of drug-likeness (QED) is 0.580. The smallest absolute Gasteiger partial charge is 0.251 e. The van der Waals surface area contributed by atoms with Crippen LogP contribution in [0.2, 0.25) is 0 Å². The molecule has 3 rings (SSSR count). The highest BCUT2D eigenvalue weighted by molar-refractivity contribution is 5.95. The molecule has 1 amide bonds. The summed E-state index contributed by atoms with van der Waals surface area (Å²) in [5, 5.41) is 6.14. The number of anilines is 2. The Hall–Kier alpha value is -3.25. The van der Waals surface area contributed by atoms with Crippen LogP contribution >= 0.6 is 0 Å². The van der Waals surface area contributed by atoms with Gasteiger partial charge in [-0.2, -0.15) is 0 Å². The second-order valence-corrected chi connectivity index (χ2v) is 6.65. The van der Waals surface area contributed by atoms with E-state index in [1.807, 2.05) is 42.5 Å². The second kappa shape index (κ2) is 10.3. The molecule has 0 saturated carbocycles. The Labute approximate surface area is 172 Å². The molecule has 29 heavy (non-hydrogen) atoms. The number of rotatable bonds is 9. The van der Waals surface area contributed by atoms with Crippen LogP contribution in [0, 0.1) is 0 Å². The molecule has 0 spiro atoms. The van der Waals surface area contributed by atoms with E-state index in [0.29, 0.717) is 18.1 Å². The second-order valence-electron chi connectivity index (χ2n) is 6.65. The molecule has 1 heterocycles. The predicted molar refractivity (Wildman–Crippen MR) is 117 cm³/mol. The van der Waals surface area contributed by atoms with Crippen LogP contribution in [-0.2, 0) is 0 Å². The van der Waals surface area contributed by atoms with Gasteiger partial charge in [-0.1, -0.05) is 50.2 Å². The molecule has 0 radical (unpaired) electrons. The van der Waals surface area contributed by atoms with Crippen molar-refractivity contribution < 1.29 is 4.79 Å². The lowest BCUT2D eigenvalue weighted by atomic mass is 10.1. The fourth-order valence-corrected chi connectivity index (χ4v) is 3.01. The highest BCUT2D eigenvalue weighted by Crippen LogP contribution is 2.19. The SMILES string of the molecule is CCN(CC)CCNC(=O)c1cccc(Nc2ncc(-c3ccccc3)cn2)c1. The molecule has 2 aromatic carbocycles.